The molecule has 0 saturated heterocycles. The van der Waals surface area contributed by atoms with Crippen molar-refractivity contribution in [2.24, 2.45) is 0 Å². The summed E-state index contributed by atoms with van der Waals surface area (Å²) in [5.74, 6) is 0.597. The van der Waals surface area contributed by atoms with Crippen molar-refractivity contribution in [2.45, 2.75) is 38.1 Å². The van der Waals surface area contributed by atoms with Crippen LogP contribution in [0.2, 0.25) is 0 Å². The number of thiophene rings is 1. The zero-order valence-corrected chi connectivity index (χ0v) is 12.2. The third-order valence-corrected chi connectivity index (χ3v) is 4.77. The van der Waals surface area contributed by atoms with Gasteiger partial charge in [0, 0.05) is 28.3 Å². The van der Waals surface area contributed by atoms with Crippen molar-refractivity contribution in [3.05, 3.63) is 57.8 Å². The Bertz CT molecular complexity index is 513. The highest BCUT2D eigenvalue weighted by atomic mass is 32.1. The zero-order chi connectivity index (χ0) is 13.1. The van der Waals surface area contributed by atoms with Gasteiger partial charge >= 0.3 is 0 Å². The Kier molecular flexibility index (Phi) is 4.00. The molecule has 0 aliphatic heterocycles. The highest BCUT2D eigenvalue weighted by molar-refractivity contribution is 7.11. The lowest BCUT2D eigenvalue weighted by Crippen LogP contribution is -2.24. The maximum absolute atomic E-state index is 3.69. The number of aryl methyl sites for hydroxylation is 1. The molecule has 1 atom stereocenters. The number of hydrogen-bond donors (Lipinski definition) is 1. The quantitative estimate of drug-likeness (QED) is 0.833. The average molecular weight is 271 g/mol. The van der Waals surface area contributed by atoms with E-state index in [1.165, 1.54) is 28.2 Å². The molecule has 3 rings (SSSR count). The molecule has 1 heterocycles. The molecule has 1 N–H and O–H groups in total. The second-order valence-electron chi connectivity index (χ2n) is 5.51. The normalized spacial score (nSPS) is 16.5. The van der Waals surface area contributed by atoms with E-state index >= 15 is 0 Å². The first-order valence-corrected chi connectivity index (χ1v) is 7.96. The average Bonchev–Trinajstić information content (AvgIpc) is 3.18. The first kappa shape index (κ1) is 12.9. The smallest absolute Gasteiger partial charge is 0.00684 e. The Morgan fingerprint density at radius 2 is 1.95 bits per heavy atom. The first-order chi connectivity index (χ1) is 9.31. The predicted molar refractivity (Wildman–Crippen MR) is 83.0 cm³/mol. The molecule has 1 aromatic heterocycles. The molecule has 1 nitrogen and oxygen atoms in total. The van der Waals surface area contributed by atoms with Gasteiger partial charge in [-0.1, -0.05) is 30.3 Å². The van der Waals surface area contributed by atoms with Crippen molar-refractivity contribution in [3.63, 3.8) is 0 Å². The summed E-state index contributed by atoms with van der Waals surface area (Å²) in [7, 11) is 0. The maximum Gasteiger partial charge on any atom is 0.00684 e. The SMILES string of the molecule is Cc1ccc(CC(CNC2CC2)c2ccccc2)s1. The van der Waals surface area contributed by atoms with Crippen molar-refractivity contribution in [1.82, 2.24) is 5.32 Å². The van der Waals surface area contributed by atoms with Crippen LogP contribution in [0.3, 0.4) is 0 Å². The third-order valence-electron chi connectivity index (χ3n) is 3.74. The Balaban J connectivity index is 1.71. The molecule has 19 heavy (non-hydrogen) atoms. The topological polar surface area (TPSA) is 12.0 Å². The van der Waals surface area contributed by atoms with Crippen LogP contribution in [0.25, 0.3) is 0 Å². The van der Waals surface area contributed by atoms with Crippen molar-refractivity contribution >= 4 is 11.3 Å². The van der Waals surface area contributed by atoms with Gasteiger partial charge in [-0.25, -0.2) is 0 Å². The largest absolute Gasteiger partial charge is 0.313 e. The highest BCUT2D eigenvalue weighted by Crippen LogP contribution is 2.26. The lowest BCUT2D eigenvalue weighted by Gasteiger charge is -2.17. The summed E-state index contributed by atoms with van der Waals surface area (Å²) in [5.41, 5.74) is 1.46. The molecule has 0 amide bonds. The minimum absolute atomic E-state index is 0.597. The van der Waals surface area contributed by atoms with Gasteiger partial charge in [-0.05, 0) is 43.9 Å². The van der Waals surface area contributed by atoms with E-state index in [4.69, 9.17) is 0 Å². The lowest BCUT2D eigenvalue weighted by molar-refractivity contribution is 0.580. The summed E-state index contributed by atoms with van der Waals surface area (Å²) in [6.45, 7) is 3.29. The van der Waals surface area contributed by atoms with Crippen molar-refractivity contribution in [3.8, 4) is 0 Å². The molecule has 2 aromatic rings. The van der Waals surface area contributed by atoms with E-state index in [1.54, 1.807) is 0 Å². The second-order valence-corrected chi connectivity index (χ2v) is 6.88. The van der Waals surface area contributed by atoms with Gasteiger partial charge < -0.3 is 5.32 Å². The van der Waals surface area contributed by atoms with Crippen LogP contribution in [0.1, 0.15) is 34.1 Å². The Morgan fingerprint density at radius 1 is 1.16 bits per heavy atom. The Morgan fingerprint density at radius 3 is 2.58 bits per heavy atom. The number of benzene rings is 1. The Hall–Kier alpha value is -1.12. The molecule has 1 aromatic carbocycles. The van der Waals surface area contributed by atoms with Crippen LogP contribution in [0.15, 0.2) is 42.5 Å². The van der Waals surface area contributed by atoms with Crippen molar-refractivity contribution in [2.75, 3.05) is 6.54 Å². The van der Waals surface area contributed by atoms with Crippen LogP contribution in [-0.2, 0) is 6.42 Å². The summed E-state index contributed by atoms with van der Waals surface area (Å²) in [4.78, 5) is 2.92. The monoisotopic (exact) mass is 271 g/mol. The molecule has 1 unspecified atom stereocenters. The standard InChI is InChI=1S/C17H21NS/c1-13-7-10-17(19-13)11-15(12-18-16-8-9-16)14-5-3-2-4-6-14/h2-7,10,15-16,18H,8-9,11-12H2,1H3. The van der Waals surface area contributed by atoms with E-state index in [-0.39, 0.29) is 0 Å². The summed E-state index contributed by atoms with van der Waals surface area (Å²) < 4.78 is 0. The van der Waals surface area contributed by atoms with Crippen LogP contribution in [0, 0.1) is 6.92 Å². The summed E-state index contributed by atoms with van der Waals surface area (Å²) >= 11 is 1.93. The van der Waals surface area contributed by atoms with Gasteiger partial charge in [0.2, 0.25) is 0 Å². The number of nitrogens with one attached hydrogen (secondary N) is 1. The van der Waals surface area contributed by atoms with Gasteiger partial charge in [-0.15, -0.1) is 11.3 Å². The summed E-state index contributed by atoms with van der Waals surface area (Å²) in [6.07, 6.45) is 3.88. The van der Waals surface area contributed by atoms with Crippen molar-refractivity contribution < 1.29 is 0 Å². The fraction of sp³-hybridized carbons (Fsp3) is 0.412. The minimum Gasteiger partial charge on any atom is -0.313 e. The fourth-order valence-corrected chi connectivity index (χ4v) is 3.44. The summed E-state index contributed by atoms with van der Waals surface area (Å²) in [5, 5.41) is 3.69. The van der Waals surface area contributed by atoms with Crippen LogP contribution in [0.5, 0.6) is 0 Å². The van der Waals surface area contributed by atoms with E-state index in [0.29, 0.717) is 5.92 Å². The van der Waals surface area contributed by atoms with E-state index in [0.717, 1.165) is 19.0 Å². The molecule has 1 fully saturated rings. The van der Waals surface area contributed by atoms with Gasteiger partial charge in [0.05, 0.1) is 0 Å². The molecule has 100 valence electrons. The van der Waals surface area contributed by atoms with Gasteiger partial charge in [0.25, 0.3) is 0 Å². The molecule has 0 radical (unpaired) electrons. The van der Waals surface area contributed by atoms with Crippen LogP contribution >= 0.6 is 11.3 Å². The van der Waals surface area contributed by atoms with E-state index in [1.807, 2.05) is 11.3 Å². The molecule has 0 bridgehead atoms. The fourth-order valence-electron chi connectivity index (χ4n) is 2.47. The number of hydrogen-bond acceptors (Lipinski definition) is 2. The van der Waals surface area contributed by atoms with E-state index < -0.39 is 0 Å². The van der Waals surface area contributed by atoms with E-state index in [9.17, 15) is 0 Å². The lowest BCUT2D eigenvalue weighted by atomic mass is 9.95. The minimum atomic E-state index is 0.597. The van der Waals surface area contributed by atoms with Crippen molar-refractivity contribution in [1.29, 1.82) is 0 Å². The molecule has 0 spiro atoms. The Labute approximate surface area is 119 Å². The van der Waals surface area contributed by atoms with Crippen LogP contribution in [-0.4, -0.2) is 12.6 Å². The third kappa shape index (κ3) is 3.68. The van der Waals surface area contributed by atoms with Gasteiger partial charge in [-0.2, -0.15) is 0 Å². The summed E-state index contributed by atoms with van der Waals surface area (Å²) in [6, 6.07) is 16.2. The number of rotatable bonds is 6. The predicted octanol–water partition coefficient (Wildman–Crippen LogP) is 4.13. The molecule has 1 aliphatic rings. The van der Waals surface area contributed by atoms with Crippen LogP contribution < -0.4 is 5.32 Å². The van der Waals surface area contributed by atoms with Crippen LogP contribution in [0.4, 0.5) is 0 Å². The van der Waals surface area contributed by atoms with E-state index in [2.05, 4.69) is 54.7 Å². The maximum atomic E-state index is 3.69. The highest BCUT2D eigenvalue weighted by Gasteiger charge is 2.22. The molecular weight excluding hydrogens is 250 g/mol. The van der Waals surface area contributed by atoms with Gasteiger partial charge in [0.1, 0.15) is 0 Å². The molecular formula is C17H21NS. The molecule has 1 aliphatic carbocycles. The second kappa shape index (κ2) is 5.89. The molecule has 2 heteroatoms. The first-order valence-electron chi connectivity index (χ1n) is 7.15. The van der Waals surface area contributed by atoms with Gasteiger partial charge in [-0.3, -0.25) is 0 Å². The van der Waals surface area contributed by atoms with Gasteiger partial charge in [0.15, 0.2) is 0 Å². The zero-order valence-electron chi connectivity index (χ0n) is 11.4. The molecule has 1 saturated carbocycles.